The van der Waals surface area contributed by atoms with Crippen LogP contribution in [0.3, 0.4) is 0 Å². The zero-order chi connectivity index (χ0) is 49.0. The first-order valence-corrected chi connectivity index (χ1v) is 24.7. The summed E-state index contributed by atoms with van der Waals surface area (Å²) in [5.41, 5.74) is 5.40. The van der Waals surface area contributed by atoms with Gasteiger partial charge in [-0.2, -0.15) is 5.26 Å². The maximum absolute atomic E-state index is 14.0. The van der Waals surface area contributed by atoms with Crippen LogP contribution >= 0.6 is 22.9 Å². The van der Waals surface area contributed by atoms with Crippen molar-refractivity contribution in [2.75, 3.05) is 31.6 Å². The Labute approximate surface area is 408 Å². The van der Waals surface area contributed by atoms with E-state index < -0.39 is 35.4 Å². The van der Waals surface area contributed by atoms with Gasteiger partial charge in [0.25, 0.3) is 5.91 Å². The van der Waals surface area contributed by atoms with Gasteiger partial charge in [0.15, 0.2) is 0 Å². The number of anilines is 1. The molecule has 0 unspecified atom stereocenters. The number of unbranched alkanes of at least 4 members (excludes halogenated alkanes) is 1. The van der Waals surface area contributed by atoms with Crippen molar-refractivity contribution >= 4 is 52.3 Å². The van der Waals surface area contributed by atoms with E-state index in [1.54, 1.807) is 41.7 Å². The highest BCUT2D eigenvalue weighted by Gasteiger charge is 2.64. The maximum Gasteiger partial charge on any atom is 0.251 e. The summed E-state index contributed by atoms with van der Waals surface area (Å²) in [6.45, 7) is 14.8. The molecule has 3 aromatic carbocycles. The Kier molecular flexibility index (Phi) is 15.5. The largest absolute Gasteiger partial charge is 0.489 e. The second-order valence-electron chi connectivity index (χ2n) is 20.6. The lowest BCUT2D eigenvalue weighted by Crippen LogP contribution is -2.74. The molecule has 68 heavy (non-hydrogen) atoms. The lowest BCUT2D eigenvalue weighted by atomic mass is 9.49. The Balaban J connectivity index is 0.805. The fourth-order valence-electron chi connectivity index (χ4n) is 9.80. The van der Waals surface area contributed by atoms with Gasteiger partial charge >= 0.3 is 0 Å². The number of nitriles is 1. The molecule has 362 valence electrons. The Bertz CT molecular complexity index is 2480. The third kappa shape index (κ3) is 11.7. The number of aliphatic hydroxyl groups is 1. The minimum Gasteiger partial charge on any atom is -0.489 e. The van der Waals surface area contributed by atoms with Crippen molar-refractivity contribution < 1.29 is 33.8 Å². The molecule has 4 amide bonds. The average Bonchev–Trinajstić information content (AvgIpc) is 3.89. The smallest absolute Gasteiger partial charge is 0.251 e. The molecule has 2 heterocycles. The van der Waals surface area contributed by atoms with Gasteiger partial charge in [0.1, 0.15) is 36.6 Å². The summed E-state index contributed by atoms with van der Waals surface area (Å²) in [5, 5.41) is 32.5. The summed E-state index contributed by atoms with van der Waals surface area (Å²) in [6.07, 6.45) is 2.83. The number of aliphatic hydroxyl groups excluding tert-OH is 1. The van der Waals surface area contributed by atoms with Gasteiger partial charge in [-0.1, -0.05) is 84.3 Å². The van der Waals surface area contributed by atoms with E-state index >= 15 is 0 Å². The van der Waals surface area contributed by atoms with Crippen LogP contribution in [0.4, 0.5) is 5.69 Å². The number of benzene rings is 3. The number of amides is 4. The molecule has 4 aromatic rings. The van der Waals surface area contributed by atoms with Crippen molar-refractivity contribution in [2.45, 2.75) is 123 Å². The highest BCUT2D eigenvalue weighted by molar-refractivity contribution is 7.13. The molecule has 0 radical (unpaired) electrons. The number of thiazole rings is 1. The van der Waals surface area contributed by atoms with Crippen LogP contribution in [-0.2, 0) is 25.7 Å². The van der Waals surface area contributed by atoms with Crippen LogP contribution in [0.25, 0.3) is 10.4 Å². The Morgan fingerprint density at radius 1 is 1.00 bits per heavy atom. The first-order valence-electron chi connectivity index (χ1n) is 23.4. The van der Waals surface area contributed by atoms with Gasteiger partial charge < -0.3 is 40.7 Å². The molecule has 1 saturated heterocycles. The Morgan fingerprint density at radius 3 is 2.35 bits per heavy atom. The first kappa shape index (κ1) is 50.3. The van der Waals surface area contributed by atoms with Crippen LogP contribution in [0.1, 0.15) is 114 Å². The molecule has 14 nitrogen and oxygen atoms in total. The number of hydrogen-bond acceptors (Lipinski definition) is 11. The molecule has 7 rings (SSSR count). The van der Waals surface area contributed by atoms with E-state index in [4.69, 9.17) is 21.1 Å². The van der Waals surface area contributed by atoms with Crippen LogP contribution in [0.2, 0.25) is 5.02 Å². The zero-order valence-electron chi connectivity index (χ0n) is 40.0. The van der Waals surface area contributed by atoms with Crippen molar-refractivity contribution in [3.63, 3.8) is 0 Å². The Hall–Kier alpha value is -5.53. The molecule has 16 heteroatoms. The van der Waals surface area contributed by atoms with Crippen LogP contribution in [0, 0.1) is 27.6 Å². The van der Waals surface area contributed by atoms with Gasteiger partial charge in [-0.25, -0.2) is 4.98 Å². The topological polar surface area (TPSA) is 195 Å². The molecular formula is C52H64ClN7O7S. The van der Waals surface area contributed by atoms with Crippen LogP contribution in [0.15, 0.2) is 72.2 Å². The molecule has 1 aliphatic heterocycles. The van der Waals surface area contributed by atoms with Crippen molar-refractivity contribution in [3.8, 4) is 22.3 Å². The summed E-state index contributed by atoms with van der Waals surface area (Å²) < 4.78 is 12.0. The molecule has 3 atom stereocenters. The average molecular weight is 967 g/mol. The molecule has 0 bridgehead atoms. The van der Waals surface area contributed by atoms with Crippen molar-refractivity contribution in [1.29, 1.82) is 5.26 Å². The van der Waals surface area contributed by atoms with Crippen LogP contribution in [-0.4, -0.2) is 95.3 Å². The van der Waals surface area contributed by atoms with E-state index in [-0.39, 0.29) is 60.9 Å². The standard InChI is InChI=1S/C52H64ClN7O7S/c1-50(2,3)44(47(65)60-28-37(61)24-40(60)46(64)56-27-31-10-12-33(13-11-31)43-42(32-14-15-32)57-30-68-43)58-41(62)29-66-23-9-8-22-55-36-19-16-34(17-20-36)45(63)59-48-51(4,5)49(52(48,6)7)67-38-21-18-35(26-54)39(53)25-38/h10-13,16-21,25,30,32,37,40,44,48-49,55,61H,8-9,14-15,22-24,27-29H2,1-7H3,(H,56,64)(H,58,62)(H,59,63)/t37-,40+,44-,48-,49-/m1/s1. The number of likely N-dealkylation sites (tertiary alicyclic amines) is 1. The number of ether oxygens (including phenoxy) is 2. The van der Waals surface area contributed by atoms with E-state index in [1.807, 2.05) is 62.7 Å². The van der Waals surface area contributed by atoms with E-state index in [0.29, 0.717) is 47.4 Å². The van der Waals surface area contributed by atoms with Gasteiger partial charge in [0.2, 0.25) is 17.7 Å². The second kappa shape index (κ2) is 21.0. The number of rotatable bonds is 19. The number of β-amino-alcohol motifs (C(OH)–C–C–N with tert-alkyl or cyclic N) is 1. The summed E-state index contributed by atoms with van der Waals surface area (Å²) >= 11 is 7.88. The summed E-state index contributed by atoms with van der Waals surface area (Å²) in [5.74, 6) is -0.280. The predicted octanol–water partition coefficient (Wildman–Crippen LogP) is 7.84. The molecule has 3 aliphatic rings. The third-order valence-electron chi connectivity index (χ3n) is 13.4. The van der Waals surface area contributed by atoms with E-state index in [2.05, 4.69) is 60.0 Å². The summed E-state index contributed by atoms with van der Waals surface area (Å²) in [7, 11) is 0. The third-order valence-corrected chi connectivity index (χ3v) is 14.6. The van der Waals surface area contributed by atoms with Crippen molar-refractivity contribution in [2.24, 2.45) is 16.2 Å². The number of carbonyl (C=O) groups excluding carboxylic acids is 4. The molecule has 3 fully saturated rings. The molecule has 0 spiro atoms. The van der Waals surface area contributed by atoms with Gasteiger partial charge in [0.05, 0.1) is 32.8 Å². The van der Waals surface area contributed by atoms with Gasteiger partial charge in [0, 0.05) is 72.8 Å². The van der Waals surface area contributed by atoms with Crippen LogP contribution < -0.4 is 26.0 Å². The van der Waals surface area contributed by atoms with E-state index in [1.165, 1.54) is 28.3 Å². The molecule has 2 aliphatic carbocycles. The normalized spacial score (nSPS) is 20.9. The van der Waals surface area contributed by atoms with Crippen LogP contribution in [0.5, 0.6) is 5.75 Å². The lowest BCUT2D eigenvalue weighted by Gasteiger charge is -2.63. The lowest BCUT2D eigenvalue weighted by molar-refractivity contribution is -0.164. The van der Waals surface area contributed by atoms with Crippen molar-refractivity contribution in [3.05, 3.63) is 99.6 Å². The highest BCUT2D eigenvalue weighted by atomic mass is 35.5. The molecule has 2 saturated carbocycles. The number of nitrogens with zero attached hydrogens (tertiary/aromatic N) is 3. The number of nitrogens with one attached hydrogen (secondary N) is 4. The first-order chi connectivity index (χ1) is 32.3. The van der Waals surface area contributed by atoms with E-state index in [0.717, 1.165) is 23.2 Å². The molecule has 1 aromatic heterocycles. The van der Waals surface area contributed by atoms with Gasteiger partial charge in [-0.15, -0.1) is 11.3 Å². The predicted molar refractivity (Wildman–Crippen MR) is 263 cm³/mol. The fraction of sp³-hybridized carbons (Fsp3) is 0.500. The monoisotopic (exact) mass is 965 g/mol. The number of carbonyl (C=O) groups is 4. The fourth-order valence-corrected chi connectivity index (χ4v) is 10.9. The maximum atomic E-state index is 14.0. The number of hydrogen-bond donors (Lipinski definition) is 5. The van der Waals surface area contributed by atoms with Gasteiger partial charge in [-0.05, 0) is 78.6 Å². The van der Waals surface area contributed by atoms with Gasteiger partial charge in [-0.3, -0.25) is 19.2 Å². The minimum absolute atomic E-state index is 0.00916. The zero-order valence-corrected chi connectivity index (χ0v) is 41.6. The highest BCUT2D eigenvalue weighted by Crippen LogP contribution is 2.55. The van der Waals surface area contributed by atoms with E-state index in [9.17, 15) is 29.5 Å². The SMILES string of the molecule is CC(C)(C)[C@H](NC(=O)COCCCCNc1ccc(C(=O)N[C@H]2C(C)(C)[C@H](Oc3ccc(C#N)c(Cl)c3)C2(C)C)cc1)C(=O)N1C[C@H](O)C[C@H]1C(=O)NCc1ccc(-c2scnc2C2CC2)cc1. The Morgan fingerprint density at radius 2 is 1.71 bits per heavy atom. The number of aromatic nitrogens is 1. The minimum atomic E-state index is -0.953. The molecule has 5 N–H and O–H groups in total. The van der Waals surface area contributed by atoms with Crippen molar-refractivity contribution in [1.82, 2.24) is 25.8 Å². The summed E-state index contributed by atoms with van der Waals surface area (Å²) in [4.78, 5) is 61.2. The quantitative estimate of drug-likeness (QED) is 0.0578. The number of halogens is 1. The second-order valence-corrected chi connectivity index (χ2v) is 21.8. The molecular weight excluding hydrogens is 902 g/mol. The summed E-state index contributed by atoms with van der Waals surface area (Å²) in [6, 6.07) is 20.5.